The topological polar surface area (TPSA) is 102 Å². The van der Waals surface area contributed by atoms with Gasteiger partial charge in [-0.3, -0.25) is 9.59 Å². The minimum Gasteiger partial charge on any atom is -0.348 e. The predicted octanol–water partition coefficient (Wildman–Crippen LogP) is 5.20. The van der Waals surface area contributed by atoms with Gasteiger partial charge in [-0.25, -0.2) is 4.98 Å². The number of fused-ring (bicyclic) bond motifs is 1. The van der Waals surface area contributed by atoms with E-state index in [1.165, 1.54) is 0 Å². The van der Waals surface area contributed by atoms with Crippen LogP contribution in [0.3, 0.4) is 0 Å². The van der Waals surface area contributed by atoms with Gasteiger partial charge in [0, 0.05) is 31.0 Å². The van der Waals surface area contributed by atoms with Crippen LogP contribution in [0, 0.1) is 5.92 Å². The molecule has 1 unspecified atom stereocenters. The molecule has 1 heterocycles. The standard InChI is InChI=1S/C34H44N6O2/c1-24(2)23-40(4)20-8-13-31(34(42)38-25(3)29-12-7-10-27-9-5-6-11-30(27)29)39-33(41)28-16-14-26(15-17-28)21-35-22-32-36-18-19-37-32/h5-7,9-12,14-19,24-25,31,35H,8,13,20-23H2,1-4H3,(H,36,37)(H,38,42)(H,39,41)/t25?,31-/m0/s1. The minimum absolute atomic E-state index is 0.172. The average molecular weight is 569 g/mol. The van der Waals surface area contributed by atoms with Gasteiger partial charge < -0.3 is 25.8 Å². The summed E-state index contributed by atoms with van der Waals surface area (Å²) in [6, 6.07) is 20.9. The lowest BCUT2D eigenvalue weighted by molar-refractivity contribution is -0.123. The van der Waals surface area contributed by atoms with Crippen molar-refractivity contribution in [3.05, 3.63) is 102 Å². The Hall–Kier alpha value is -4.01. The smallest absolute Gasteiger partial charge is 0.251 e. The first-order valence-electron chi connectivity index (χ1n) is 14.9. The second-order valence-electron chi connectivity index (χ2n) is 11.5. The summed E-state index contributed by atoms with van der Waals surface area (Å²) in [4.78, 5) is 36.4. The molecule has 0 radical (unpaired) electrons. The third-order valence-corrected chi connectivity index (χ3v) is 7.37. The summed E-state index contributed by atoms with van der Waals surface area (Å²) >= 11 is 0. The number of amides is 2. The lowest BCUT2D eigenvalue weighted by Crippen LogP contribution is -2.47. The fraction of sp³-hybridized carbons (Fsp3) is 0.382. The van der Waals surface area contributed by atoms with Crippen molar-refractivity contribution in [3.8, 4) is 0 Å². The second kappa shape index (κ2) is 15.3. The lowest BCUT2D eigenvalue weighted by atomic mass is 9.99. The number of imidazole rings is 1. The molecule has 0 bridgehead atoms. The number of nitrogens with zero attached hydrogens (tertiary/aromatic N) is 2. The fourth-order valence-corrected chi connectivity index (χ4v) is 5.30. The summed E-state index contributed by atoms with van der Waals surface area (Å²) in [5.41, 5.74) is 2.64. The molecule has 0 saturated carbocycles. The molecule has 3 aromatic carbocycles. The van der Waals surface area contributed by atoms with E-state index >= 15 is 0 Å². The zero-order valence-electron chi connectivity index (χ0n) is 25.2. The van der Waals surface area contributed by atoms with Gasteiger partial charge in [0.05, 0.1) is 12.6 Å². The van der Waals surface area contributed by atoms with E-state index in [4.69, 9.17) is 0 Å². The van der Waals surface area contributed by atoms with E-state index in [2.05, 4.69) is 69.9 Å². The molecule has 4 rings (SSSR count). The molecule has 2 amide bonds. The summed E-state index contributed by atoms with van der Waals surface area (Å²) in [7, 11) is 2.10. The maximum absolute atomic E-state index is 13.6. The van der Waals surface area contributed by atoms with E-state index in [0.717, 1.165) is 47.2 Å². The maximum atomic E-state index is 13.6. The van der Waals surface area contributed by atoms with Gasteiger partial charge in [-0.05, 0) is 73.3 Å². The van der Waals surface area contributed by atoms with Crippen molar-refractivity contribution in [2.24, 2.45) is 5.92 Å². The van der Waals surface area contributed by atoms with Gasteiger partial charge in [0.2, 0.25) is 5.91 Å². The van der Waals surface area contributed by atoms with Gasteiger partial charge in [0.25, 0.3) is 5.91 Å². The van der Waals surface area contributed by atoms with Crippen molar-refractivity contribution in [3.63, 3.8) is 0 Å². The average Bonchev–Trinajstić information content (AvgIpc) is 3.50. The number of H-pyrrole nitrogens is 1. The number of hydrogen-bond acceptors (Lipinski definition) is 5. The SMILES string of the molecule is CC(C)CN(C)CCC[C@H](NC(=O)c1ccc(CNCc2ncc[nH]2)cc1)C(=O)NC(C)c1cccc2ccccc12. The van der Waals surface area contributed by atoms with Gasteiger partial charge in [-0.1, -0.05) is 68.4 Å². The zero-order valence-corrected chi connectivity index (χ0v) is 25.2. The molecule has 0 aliphatic carbocycles. The Kier molecular flexibility index (Phi) is 11.3. The Morgan fingerprint density at radius 2 is 1.69 bits per heavy atom. The lowest BCUT2D eigenvalue weighted by Gasteiger charge is -2.24. The highest BCUT2D eigenvalue weighted by atomic mass is 16.2. The highest BCUT2D eigenvalue weighted by Gasteiger charge is 2.24. The summed E-state index contributed by atoms with van der Waals surface area (Å²) < 4.78 is 0. The molecule has 0 aliphatic rings. The summed E-state index contributed by atoms with van der Waals surface area (Å²) in [6.07, 6.45) is 4.87. The first-order valence-corrected chi connectivity index (χ1v) is 14.9. The van der Waals surface area contributed by atoms with Crippen LogP contribution in [0.1, 0.15) is 67.0 Å². The van der Waals surface area contributed by atoms with Crippen LogP contribution in [0.4, 0.5) is 0 Å². The number of rotatable bonds is 15. The van der Waals surface area contributed by atoms with Crippen LogP contribution in [-0.4, -0.2) is 52.9 Å². The van der Waals surface area contributed by atoms with E-state index in [1.807, 2.05) is 55.5 Å². The second-order valence-corrected chi connectivity index (χ2v) is 11.5. The molecule has 4 N–H and O–H groups in total. The van der Waals surface area contributed by atoms with Crippen molar-refractivity contribution < 1.29 is 9.59 Å². The molecular formula is C34H44N6O2. The van der Waals surface area contributed by atoms with E-state index in [0.29, 0.717) is 31.0 Å². The summed E-state index contributed by atoms with van der Waals surface area (Å²) in [6.45, 7) is 9.53. The normalized spacial score (nSPS) is 12.9. The minimum atomic E-state index is -0.642. The van der Waals surface area contributed by atoms with Gasteiger partial charge in [-0.2, -0.15) is 0 Å². The molecule has 42 heavy (non-hydrogen) atoms. The highest BCUT2D eigenvalue weighted by Crippen LogP contribution is 2.24. The molecule has 2 atom stereocenters. The molecule has 0 aliphatic heterocycles. The van der Waals surface area contributed by atoms with Crippen LogP contribution in [0.25, 0.3) is 10.8 Å². The van der Waals surface area contributed by atoms with Crippen LogP contribution >= 0.6 is 0 Å². The Morgan fingerprint density at radius 3 is 2.43 bits per heavy atom. The molecule has 8 nitrogen and oxygen atoms in total. The van der Waals surface area contributed by atoms with Gasteiger partial charge in [-0.15, -0.1) is 0 Å². The maximum Gasteiger partial charge on any atom is 0.251 e. The van der Waals surface area contributed by atoms with Crippen LogP contribution in [0.2, 0.25) is 0 Å². The van der Waals surface area contributed by atoms with E-state index < -0.39 is 6.04 Å². The van der Waals surface area contributed by atoms with Gasteiger partial charge in [0.1, 0.15) is 11.9 Å². The van der Waals surface area contributed by atoms with Crippen LogP contribution < -0.4 is 16.0 Å². The first-order chi connectivity index (χ1) is 20.3. The molecule has 8 heteroatoms. The quantitative estimate of drug-likeness (QED) is 0.158. The van der Waals surface area contributed by atoms with Crippen molar-refractivity contribution >= 4 is 22.6 Å². The Bertz CT molecular complexity index is 1410. The van der Waals surface area contributed by atoms with Crippen molar-refractivity contribution in [1.29, 1.82) is 0 Å². The van der Waals surface area contributed by atoms with Crippen molar-refractivity contribution in [2.45, 2.75) is 58.8 Å². The molecule has 0 fully saturated rings. The van der Waals surface area contributed by atoms with Crippen LogP contribution in [0.15, 0.2) is 79.1 Å². The van der Waals surface area contributed by atoms with Gasteiger partial charge >= 0.3 is 0 Å². The number of benzene rings is 3. The predicted molar refractivity (Wildman–Crippen MR) is 169 cm³/mol. The molecular weight excluding hydrogens is 524 g/mol. The fourth-order valence-electron chi connectivity index (χ4n) is 5.30. The molecule has 4 aromatic rings. The molecule has 0 spiro atoms. The van der Waals surface area contributed by atoms with Crippen molar-refractivity contribution in [1.82, 2.24) is 30.8 Å². The first kappa shape index (κ1) is 30.9. The molecule has 0 saturated heterocycles. The number of aromatic nitrogens is 2. The monoisotopic (exact) mass is 568 g/mol. The zero-order chi connectivity index (χ0) is 29.9. The van der Waals surface area contributed by atoms with Crippen LogP contribution in [0.5, 0.6) is 0 Å². The summed E-state index contributed by atoms with van der Waals surface area (Å²) in [5.74, 6) is 1.02. The number of hydrogen-bond donors (Lipinski definition) is 4. The Labute approximate surface area is 249 Å². The third-order valence-electron chi connectivity index (χ3n) is 7.37. The van der Waals surface area contributed by atoms with E-state index in [-0.39, 0.29) is 17.9 Å². The summed E-state index contributed by atoms with van der Waals surface area (Å²) in [5, 5.41) is 11.8. The molecule has 1 aromatic heterocycles. The Balaban J connectivity index is 1.40. The van der Waals surface area contributed by atoms with E-state index in [1.54, 1.807) is 12.4 Å². The third kappa shape index (κ3) is 8.99. The van der Waals surface area contributed by atoms with Crippen molar-refractivity contribution in [2.75, 3.05) is 20.1 Å². The number of carbonyl (C=O) groups excluding carboxylic acids is 2. The number of aromatic amines is 1. The highest BCUT2D eigenvalue weighted by molar-refractivity contribution is 5.97. The largest absolute Gasteiger partial charge is 0.348 e. The number of carbonyl (C=O) groups is 2. The molecule has 222 valence electrons. The van der Waals surface area contributed by atoms with Gasteiger partial charge in [0.15, 0.2) is 0 Å². The Morgan fingerprint density at radius 1 is 0.929 bits per heavy atom. The number of nitrogens with one attached hydrogen (secondary N) is 4. The van der Waals surface area contributed by atoms with E-state index in [9.17, 15) is 9.59 Å². The van der Waals surface area contributed by atoms with Crippen LogP contribution in [-0.2, 0) is 17.9 Å².